The lowest BCUT2D eigenvalue weighted by Gasteiger charge is -2.33. The van der Waals surface area contributed by atoms with Gasteiger partial charge in [-0.3, -0.25) is 4.99 Å². The average Bonchev–Trinajstić information content (AvgIpc) is 2.33. The fourth-order valence-electron chi connectivity index (χ4n) is 1.78. The maximum atomic E-state index is 6.28. The number of hydrogen-bond acceptors (Lipinski definition) is 4. The predicted molar refractivity (Wildman–Crippen MR) is 69.5 cm³/mol. The van der Waals surface area contributed by atoms with Crippen LogP contribution in [0.2, 0.25) is 5.02 Å². The molecular formula is C12H14ClN3O. The molecule has 0 aromatic heterocycles. The van der Waals surface area contributed by atoms with Gasteiger partial charge in [0.1, 0.15) is 11.9 Å². The molecule has 5 heteroatoms. The average molecular weight is 252 g/mol. The molecule has 1 aliphatic rings. The van der Waals surface area contributed by atoms with Crippen molar-refractivity contribution >= 4 is 17.8 Å². The fourth-order valence-corrected chi connectivity index (χ4v) is 2.06. The Bertz CT molecular complexity index is 487. The molecule has 1 aliphatic heterocycles. The van der Waals surface area contributed by atoms with Crippen molar-refractivity contribution in [2.24, 2.45) is 16.5 Å². The third-order valence-electron chi connectivity index (χ3n) is 2.83. The summed E-state index contributed by atoms with van der Waals surface area (Å²) < 4.78 is 5.16. The van der Waals surface area contributed by atoms with Gasteiger partial charge in [0.15, 0.2) is 0 Å². The van der Waals surface area contributed by atoms with Crippen molar-refractivity contribution in [3.05, 3.63) is 40.9 Å². The Hall–Kier alpha value is -1.36. The number of allylic oxidation sites excluding steroid dienone is 1. The summed E-state index contributed by atoms with van der Waals surface area (Å²) in [5, 5.41) is 0.547. The Kier molecular flexibility index (Phi) is 3.19. The van der Waals surface area contributed by atoms with Crippen LogP contribution in [0.4, 0.5) is 0 Å². The second kappa shape index (κ2) is 4.49. The summed E-state index contributed by atoms with van der Waals surface area (Å²) in [7, 11) is 1.59. The van der Waals surface area contributed by atoms with Gasteiger partial charge in [0.25, 0.3) is 0 Å². The zero-order valence-corrected chi connectivity index (χ0v) is 10.2. The molecular weight excluding hydrogens is 238 g/mol. The van der Waals surface area contributed by atoms with E-state index in [9.17, 15) is 0 Å². The molecule has 0 aliphatic carbocycles. The molecule has 0 fully saturated rings. The van der Waals surface area contributed by atoms with Crippen molar-refractivity contribution in [1.29, 1.82) is 0 Å². The largest absolute Gasteiger partial charge is 0.497 e. The zero-order chi connectivity index (χ0) is 12.5. The first-order valence-electron chi connectivity index (χ1n) is 5.17. The predicted octanol–water partition coefficient (Wildman–Crippen LogP) is 1.43. The molecule has 0 radical (unpaired) electrons. The van der Waals surface area contributed by atoms with Crippen LogP contribution in [-0.2, 0) is 5.54 Å². The minimum atomic E-state index is -0.902. The highest BCUT2D eigenvalue weighted by Gasteiger charge is 2.35. The lowest BCUT2D eigenvalue weighted by atomic mass is 9.86. The van der Waals surface area contributed by atoms with Gasteiger partial charge in [-0.05, 0) is 24.3 Å². The van der Waals surface area contributed by atoms with E-state index in [0.29, 0.717) is 16.3 Å². The zero-order valence-electron chi connectivity index (χ0n) is 9.43. The number of methoxy groups -OCH3 is 1. The number of halogens is 1. The van der Waals surface area contributed by atoms with E-state index >= 15 is 0 Å². The Morgan fingerprint density at radius 3 is 2.88 bits per heavy atom. The van der Waals surface area contributed by atoms with Crippen LogP contribution in [0.1, 0.15) is 5.56 Å². The van der Waals surface area contributed by atoms with Crippen molar-refractivity contribution in [2.45, 2.75) is 11.7 Å². The molecule has 2 unspecified atom stereocenters. The maximum Gasteiger partial charge on any atom is 0.123 e. The Balaban J connectivity index is 2.52. The van der Waals surface area contributed by atoms with E-state index in [1.807, 2.05) is 0 Å². The van der Waals surface area contributed by atoms with Crippen LogP contribution in [0, 0.1) is 0 Å². The SMILES string of the molecule is COc1ccc(Cl)c(C2(N)C=CC=NC2N)c1. The van der Waals surface area contributed by atoms with E-state index < -0.39 is 11.7 Å². The molecule has 4 nitrogen and oxygen atoms in total. The van der Waals surface area contributed by atoms with Gasteiger partial charge in [-0.25, -0.2) is 0 Å². The van der Waals surface area contributed by atoms with Crippen LogP contribution in [0.5, 0.6) is 5.75 Å². The number of rotatable bonds is 2. The Labute approximate surface area is 105 Å². The van der Waals surface area contributed by atoms with Gasteiger partial charge >= 0.3 is 0 Å². The van der Waals surface area contributed by atoms with E-state index in [1.165, 1.54) is 0 Å². The van der Waals surface area contributed by atoms with Crippen molar-refractivity contribution < 1.29 is 4.74 Å². The van der Waals surface area contributed by atoms with Crippen LogP contribution in [-0.4, -0.2) is 19.5 Å². The number of aliphatic imine (C=N–C) groups is 1. The third kappa shape index (κ3) is 2.07. The number of nitrogens with two attached hydrogens (primary N) is 2. The lowest BCUT2D eigenvalue weighted by Crippen LogP contribution is -2.51. The van der Waals surface area contributed by atoms with E-state index in [1.54, 1.807) is 43.7 Å². The lowest BCUT2D eigenvalue weighted by molar-refractivity contribution is 0.407. The number of ether oxygens (including phenoxy) is 1. The van der Waals surface area contributed by atoms with Crippen molar-refractivity contribution in [3.63, 3.8) is 0 Å². The molecule has 17 heavy (non-hydrogen) atoms. The van der Waals surface area contributed by atoms with Crippen molar-refractivity contribution in [2.75, 3.05) is 7.11 Å². The van der Waals surface area contributed by atoms with Gasteiger partial charge in [-0.1, -0.05) is 17.7 Å². The maximum absolute atomic E-state index is 6.28. The van der Waals surface area contributed by atoms with Gasteiger partial charge in [0, 0.05) is 16.8 Å². The van der Waals surface area contributed by atoms with Gasteiger partial charge in [0.05, 0.1) is 12.6 Å². The molecule has 0 amide bonds. The first-order chi connectivity index (χ1) is 8.08. The van der Waals surface area contributed by atoms with Gasteiger partial charge in [-0.15, -0.1) is 0 Å². The monoisotopic (exact) mass is 251 g/mol. The fraction of sp³-hybridized carbons (Fsp3) is 0.250. The summed E-state index contributed by atoms with van der Waals surface area (Å²) >= 11 is 6.16. The number of dihydropyridines is 1. The van der Waals surface area contributed by atoms with Gasteiger partial charge < -0.3 is 16.2 Å². The first-order valence-corrected chi connectivity index (χ1v) is 5.55. The van der Waals surface area contributed by atoms with Crippen LogP contribution in [0.25, 0.3) is 0 Å². The summed E-state index contributed by atoms with van der Waals surface area (Å²) in [4.78, 5) is 4.10. The topological polar surface area (TPSA) is 73.6 Å². The highest BCUT2D eigenvalue weighted by molar-refractivity contribution is 6.31. The van der Waals surface area contributed by atoms with Crippen molar-refractivity contribution in [1.82, 2.24) is 0 Å². The highest BCUT2D eigenvalue weighted by atomic mass is 35.5. The highest BCUT2D eigenvalue weighted by Crippen LogP contribution is 2.33. The van der Waals surface area contributed by atoms with Crippen LogP contribution in [0.3, 0.4) is 0 Å². The first kappa shape index (κ1) is 12.1. The second-order valence-corrected chi connectivity index (χ2v) is 4.29. The quantitative estimate of drug-likeness (QED) is 0.835. The summed E-state index contributed by atoms with van der Waals surface area (Å²) in [6.45, 7) is 0. The van der Waals surface area contributed by atoms with Crippen LogP contribution < -0.4 is 16.2 Å². The van der Waals surface area contributed by atoms with E-state index in [-0.39, 0.29) is 0 Å². The normalized spacial score (nSPS) is 27.2. The second-order valence-electron chi connectivity index (χ2n) is 3.88. The minimum absolute atomic E-state index is 0.547. The molecule has 0 saturated carbocycles. The molecule has 1 heterocycles. The third-order valence-corrected chi connectivity index (χ3v) is 3.16. The summed E-state index contributed by atoms with van der Waals surface area (Å²) in [5.41, 5.74) is 12.0. The number of benzene rings is 1. The summed E-state index contributed by atoms with van der Waals surface area (Å²) in [5.74, 6) is 0.685. The van der Waals surface area contributed by atoms with E-state index in [0.717, 1.165) is 0 Å². The number of nitrogens with zero attached hydrogens (tertiary/aromatic N) is 1. The summed E-state index contributed by atoms with van der Waals surface area (Å²) in [6, 6.07) is 5.30. The van der Waals surface area contributed by atoms with Gasteiger partial charge in [-0.2, -0.15) is 0 Å². The molecule has 0 saturated heterocycles. The number of hydrogen-bond donors (Lipinski definition) is 2. The smallest absolute Gasteiger partial charge is 0.123 e. The standard InChI is InChI=1S/C12H14ClN3O/c1-17-8-3-4-10(13)9(7-8)12(15)5-2-6-16-11(12)14/h2-7,11H,14-15H2,1H3. The Morgan fingerprint density at radius 1 is 1.47 bits per heavy atom. The molecule has 1 aromatic carbocycles. The molecule has 1 aromatic rings. The van der Waals surface area contributed by atoms with E-state index in [4.69, 9.17) is 27.8 Å². The molecule has 0 spiro atoms. The molecule has 0 bridgehead atoms. The van der Waals surface area contributed by atoms with Crippen molar-refractivity contribution in [3.8, 4) is 5.75 Å². The van der Waals surface area contributed by atoms with Crippen LogP contribution in [0.15, 0.2) is 35.3 Å². The Morgan fingerprint density at radius 2 is 2.24 bits per heavy atom. The van der Waals surface area contributed by atoms with Crippen LogP contribution >= 0.6 is 11.6 Å². The summed E-state index contributed by atoms with van der Waals surface area (Å²) in [6.07, 6.45) is 4.63. The molecule has 2 atom stereocenters. The molecule has 2 rings (SSSR count). The van der Waals surface area contributed by atoms with Gasteiger partial charge in [0.2, 0.25) is 0 Å². The van der Waals surface area contributed by atoms with E-state index in [2.05, 4.69) is 4.99 Å². The minimum Gasteiger partial charge on any atom is -0.497 e. The molecule has 90 valence electrons. The molecule has 4 N–H and O–H groups in total.